The predicted octanol–water partition coefficient (Wildman–Crippen LogP) is 0.777. The van der Waals surface area contributed by atoms with Crippen LogP contribution in [0, 0.1) is 11.8 Å². The zero-order valence-corrected chi connectivity index (χ0v) is 11.5. The number of benzene rings is 1. The second-order valence-electron chi connectivity index (χ2n) is 4.53. The van der Waals surface area contributed by atoms with Gasteiger partial charge in [0.1, 0.15) is 19.0 Å². The lowest BCUT2D eigenvalue weighted by Crippen LogP contribution is -2.32. The van der Waals surface area contributed by atoms with Crippen molar-refractivity contribution >= 4 is 6.03 Å². The summed E-state index contributed by atoms with van der Waals surface area (Å²) in [4.78, 5) is 15.1. The van der Waals surface area contributed by atoms with Crippen LogP contribution in [0.15, 0.2) is 24.3 Å². The fourth-order valence-electron chi connectivity index (χ4n) is 1.99. The summed E-state index contributed by atoms with van der Waals surface area (Å²) in [6.07, 6.45) is 0. The number of nitrogens with zero attached hydrogens (tertiary/aromatic N) is 2. The summed E-state index contributed by atoms with van der Waals surface area (Å²) in [6, 6.07) is 7.43. The molecule has 106 valence electrons. The Morgan fingerprint density at radius 3 is 2.95 bits per heavy atom. The van der Waals surface area contributed by atoms with Gasteiger partial charge in [0.2, 0.25) is 0 Å². The Bertz CT molecular complexity index is 533. The van der Waals surface area contributed by atoms with Crippen LogP contribution in [0.25, 0.3) is 0 Å². The van der Waals surface area contributed by atoms with Crippen LogP contribution < -0.4 is 4.74 Å². The Morgan fingerprint density at radius 1 is 1.40 bits per heavy atom. The molecule has 1 aliphatic heterocycles. The molecule has 1 aromatic carbocycles. The SMILES string of the molecule is CN1CCN(CCOc2cccc(C#CCO)c2)C1=O. The van der Waals surface area contributed by atoms with Gasteiger partial charge in [-0.3, -0.25) is 0 Å². The van der Waals surface area contributed by atoms with E-state index in [1.165, 1.54) is 0 Å². The van der Waals surface area contributed by atoms with Crippen LogP contribution in [-0.4, -0.2) is 60.8 Å². The average molecular weight is 274 g/mol. The molecule has 0 aromatic heterocycles. The van der Waals surface area contributed by atoms with Gasteiger partial charge in [0.25, 0.3) is 0 Å². The fourth-order valence-corrected chi connectivity index (χ4v) is 1.99. The molecule has 0 atom stereocenters. The molecule has 2 rings (SSSR count). The molecule has 1 saturated heterocycles. The topological polar surface area (TPSA) is 53.0 Å². The van der Waals surface area contributed by atoms with Gasteiger partial charge in [-0.15, -0.1) is 0 Å². The van der Waals surface area contributed by atoms with Crippen molar-refractivity contribution in [2.24, 2.45) is 0 Å². The molecule has 0 radical (unpaired) electrons. The van der Waals surface area contributed by atoms with Gasteiger partial charge < -0.3 is 19.6 Å². The zero-order valence-electron chi connectivity index (χ0n) is 11.5. The van der Waals surface area contributed by atoms with Crippen LogP contribution in [-0.2, 0) is 0 Å². The van der Waals surface area contributed by atoms with Gasteiger partial charge in [-0.1, -0.05) is 17.9 Å². The first-order valence-corrected chi connectivity index (χ1v) is 6.53. The van der Waals surface area contributed by atoms with E-state index in [4.69, 9.17) is 9.84 Å². The Hall–Kier alpha value is -2.19. The lowest BCUT2D eigenvalue weighted by atomic mass is 10.2. The number of urea groups is 1. The maximum atomic E-state index is 11.7. The van der Waals surface area contributed by atoms with Gasteiger partial charge >= 0.3 is 6.03 Å². The van der Waals surface area contributed by atoms with Crippen LogP contribution in [0.5, 0.6) is 5.75 Å². The summed E-state index contributed by atoms with van der Waals surface area (Å²) in [7, 11) is 1.80. The van der Waals surface area contributed by atoms with Crippen molar-refractivity contribution in [3.05, 3.63) is 29.8 Å². The Balaban J connectivity index is 1.84. The van der Waals surface area contributed by atoms with E-state index in [0.717, 1.165) is 24.4 Å². The zero-order chi connectivity index (χ0) is 14.4. The van der Waals surface area contributed by atoms with Crippen LogP contribution in [0.4, 0.5) is 4.79 Å². The number of ether oxygens (including phenoxy) is 1. The summed E-state index contributed by atoms with van der Waals surface area (Å²) in [5.41, 5.74) is 0.800. The molecule has 5 heteroatoms. The second kappa shape index (κ2) is 6.83. The maximum absolute atomic E-state index is 11.7. The van der Waals surface area contributed by atoms with Crippen molar-refractivity contribution in [1.29, 1.82) is 0 Å². The van der Waals surface area contributed by atoms with Gasteiger partial charge in [-0.05, 0) is 18.2 Å². The molecule has 1 aromatic rings. The van der Waals surface area contributed by atoms with E-state index in [2.05, 4.69) is 11.8 Å². The van der Waals surface area contributed by atoms with Crippen molar-refractivity contribution in [3.8, 4) is 17.6 Å². The lowest BCUT2D eigenvalue weighted by molar-refractivity contribution is 0.188. The summed E-state index contributed by atoms with van der Waals surface area (Å²) >= 11 is 0. The third kappa shape index (κ3) is 3.65. The predicted molar refractivity (Wildman–Crippen MR) is 75.5 cm³/mol. The molecule has 2 amide bonds. The number of aliphatic hydroxyl groups excluding tert-OH is 1. The first-order chi connectivity index (χ1) is 9.70. The molecule has 0 spiro atoms. The Kier molecular flexibility index (Phi) is 4.85. The molecule has 1 N–H and O–H groups in total. The number of amides is 2. The van der Waals surface area contributed by atoms with Crippen molar-refractivity contribution in [1.82, 2.24) is 9.80 Å². The molecule has 20 heavy (non-hydrogen) atoms. The largest absolute Gasteiger partial charge is 0.492 e. The van der Waals surface area contributed by atoms with Crippen LogP contribution >= 0.6 is 0 Å². The highest BCUT2D eigenvalue weighted by Crippen LogP contribution is 2.13. The van der Waals surface area contributed by atoms with Gasteiger partial charge in [0.15, 0.2) is 0 Å². The van der Waals surface area contributed by atoms with Crippen LogP contribution in [0.2, 0.25) is 0 Å². The van der Waals surface area contributed by atoms with Crippen LogP contribution in [0.3, 0.4) is 0 Å². The number of aliphatic hydroxyl groups is 1. The van der Waals surface area contributed by atoms with Gasteiger partial charge in [-0.25, -0.2) is 4.79 Å². The molecular formula is C15H18N2O3. The van der Waals surface area contributed by atoms with Gasteiger partial charge in [-0.2, -0.15) is 0 Å². The third-order valence-electron chi connectivity index (χ3n) is 3.08. The lowest BCUT2D eigenvalue weighted by Gasteiger charge is -2.16. The summed E-state index contributed by atoms with van der Waals surface area (Å²) < 4.78 is 5.63. The van der Waals surface area contributed by atoms with E-state index in [0.29, 0.717) is 13.2 Å². The van der Waals surface area contributed by atoms with Gasteiger partial charge in [0.05, 0.1) is 6.54 Å². The second-order valence-corrected chi connectivity index (χ2v) is 4.53. The molecule has 0 unspecified atom stereocenters. The number of carbonyl (C=O) groups is 1. The highest BCUT2D eigenvalue weighted by Gasteiger charge is 2.24. The smallest absolute Gasteiger partial charge is 0.319 e. The minimum absolute atomic E-state index is 0.0520. The first kappa shape index (κ1) is 14.2. The first-order valence-electron chi connectivity index (χ1n) is 6.53. The Morgan fingerprint density at radius 2 is 2.25 bits per heavy atom. The number of carbonyl (C=O) groups excluding carboxylic acids is 1. The van der Waals surface area contributed by atoms with E-state index in [1.807, 2.05) is 24.3 Å². The Labute approximate surface area is 118 Å². The van der Waals surface area contributed by atoms with Gasteiger partial charge in [0, 0.05) is 25.7 Å². The molecule has 1 heterocycles. The van der Waals surface area contributed by atoms with E-state index in [9.17, 15) is 4.79 Å². The third-order valence-corrected chi connectivity index (χ3v) is 3.08. The number of hydrogen-bond acceptors (Lipinski definition) is 3. The minimum atomic E-state index is -0.157. The van der Waals surface area contributed by atoms with Crippen molar-refractivity contribution in [2.45, 2.75) is 0 Å². The van der Waals surface area contributed by atoms with Crippen molar-refractivity contribution in [3.63, 3.8) is 0 Å². The molecule has 5 nitrogen and oxygen atoms in total. The molecular weight excluding hydrogens is 256 g/mol. The molecule has 0 aliphatic carbocycles. The van der Waals surface area contributed by atoms with E-state index < -0.39 is 0 Å². The summed E-state index contributed by atoms with van der Waals surface area (Å²) in [5.74, 6) is 6.14. The quantitative estimate of drug-likeness (QED) is 0.825. The van der Waals surface area contributed by atoms with E-state index in [1.54, 1.807) is 16.8 Å². The molecule has 0 saturated carbocycles. The van der Waals surface area contributed by atoms with E-state index >= 15 is 0 Å². The fraction of sp³-hybridized carbons (Fsp3) is 0.400. The number of likely N-dealkylation sites (N-methyl/N-ethyl adjacent to an activating group) is 1. The maximum Gasteiger partial charge on any atom is 0.319 e. The number of hydrogen-bond donors (Lipinski definition) is 1. The normalized spacial score (nSPS) is 14.2. The monoisotopic (exact) mass is 274 g/mol. The molecule has 0 bridgehead atoms. The molecule has 1 aliphatic rings. The van der Waals surface area contributed by atoms with E-state index in [-0.39, 0.29) is 12.6 Å². The van der Waals surface area contributed by atoms with Crippen molar-refractivity contribution in [2.75, 3.05) is 39.9 Å². The minimum Gasteiger partial charge on any atom is -0.492 e. The summed E-state index contributed by atoms with van der Waals surface area (Å²) in [6.45, 7) is 2.40. The average Bonchev–Trinajstić information content (AvgIpc) is 2.78. The highest BCUT2D eigenvalue weighted by molar-refractivity contribution is 5.76. The van der Waals surface area contributed by atoms with Crippen molar-refractivity contribution < 1.29 is 14.6 Å². The van der Waals surface area contributed by atoms with Crippen LogP contribution in [0.1, 0.15) is 5.56 Å². The number of rotatable bonds is 4. The highest BCUT2D eigenvalue weighted by atomic mass is 16.5. The molecule has 1 fully saturated rings. The standard InChI is InChI=1S/C15H18N2O3/c1-16-7-8-17(15(16)19)9-11-20-14-6-2-4-13(12-14)5-3-10-18/h2,4,6,12,18H,7-11H2,1H3. The summed E-state index contributed by atoms with van der Waals surface area (Å²) in [5, 5.41) is 8.66.